The van der Waals surface area contributed by atoms with E-state index in [4.69, 9.17) is 5.11 Å². The van der Waals surface area contributed by atoms with Crippen molar-refractivity contribution in [2.24, 2.45) is 0 Å². The maximum absolute atomic E-state index is 12.8. The summed E-state index contributed by atoms with van der Waals surface area (Å²) in [6, 6.07) is 0. The fourth-order valence-electron chi connectivity index (χ4n) is 2.73. The summed E-state index contributed by atoms with van der Waals surface area (Å²) in [7, 11) is 0. The standard InChI is InChI=1S/C18H33FN2O/c1-3-10-17(21-18(2)12-7-8-13-18)20-14-9-5-4-6-11-16(19)15-22/h7-8,10,16,20-22H,3-6,9,11-15H2,1-2H3/b17-10-. The Morgan fingerprint density at radius 1 is 1.27 bits per heavy atom. The Bertz CT molecular complexity index is 347. The Morgan fingerprint density at radius 3 is 2.59 bits per heavy atom. The number of alkyl halides is 1. The van der Waals surface area contributed by atoms with Gasteiger partial charge in [0.15, 0.2) is 0 Å². The van der Waals surface area contributed by atoms with Gasteiger partial charge in [-0.3, -0.25) is 0 Å². The van der Waals surface area contributed by atoms with Crippen molar-refractivity contribution >= 4 is 0 Å². The molecule has 0 aromatic rings. The van der Waals surface area contributed by atoms with Gasteiger partial charge in [0, 0.05) is 12.1 Å². The molecule has 0 saturated heterocycles. The molecule has 128 valence electrons. The normalized spacial score (nSPS) is 18.5. The molecule has 1 unspecified atom stereocenters. The molecule has 0 saturated carbocycles. The predicted molar refractivity (Wildman–Crippen MR) is 91.4 cm³/mol. The van der Waals surface area contributed by atoms with Crippen molar-refractivity contribution in [1.29, 1.82) is 0 Å². The smallest absolute Gasteiger partial charge is 0.123 e. The number of unbranched alkanes of at least 4 members (excludes halogenated alkanes) is 3. The van der Waals surface area contributed by atoms with Crippen LogP contribution in [0.5, 0.6) is 0 Å². The van der Waals surface area contributed by atoms with Crippen LogP contribution >= 0.6 is 0 Å². The van der Waals surface area contributed by atoms with Gasteiger partial charge in [-0.15, -0.1) is 0 Å². The molecule has 4 heteroatoms. The summed E-state index contributed by atoms with van der Waals surface area (Å²) < 4.78 is 12.8. The zero-order chi connectivity index (χ0) is 16.3. The zero-order valence-electron chi connectivity index (χ0n) is 14.2. The van der Waals surface area contributed by atoms with Crippen molar-refractivity contribution in [1.82, 2.24) is 10.6 Å². The van der Waals surface area contributed by atoms with Crippen LogP contribution in [0.3, 0.4) is 0 Å². The first-order chi connectivity index (χ1) is 10.6. The van der Waals surface area contributed by atoms with Crippen LogP contribution in [0, 0.1) is 0 Å². The fraction of sp³-hybridized carbons (Fsp3) is 0.778. The van der Waals surface area contributed by atoms with Gasteiger partial charge in [0.25, 0.3) is 0 Å². The summed E-state index contributed by atoms with van der Waals surface area (Å²) >= 11 is 0. The highest BCUT2D eigenvalue weighted by Gasteiger charge is 2.25. The van der Waals surface area contributed by atoms with Crippen molar-refractivity contribution in [2.45, 2.75) is 76.9 Å². The van der Waals surface area contributed by atoms with E-state index < -0.39 is 6.17 Å². The lowest BCUT2D eigenvalue weighted by Gasteiger charge is -2.29. The fourth-order valence-corrected chi connectivity index (χ4v) is 2.73. The summed E-state index contributed by atoms with van der Waals surface area (Å²) in [4.78, 5) is 0. The summed E-state index contributed by atoms with van der Waals surface area (Å²) in [6.07, 6.45) is 13.4. The second-order valence-corrected chi connectivity index (χ2v) is 6.50. The number of nitrogens with one attached hydrogen (secondary N) is 2. The van der Waals surface area contributed by atoms with E-state index >= 15 is 0 Å². The molecule has 0 aliphatic heterocycles. The van der Waals surface area contributed by atoms with Gasteiger partial charge in [0.1, 0.15) is 6.17 Å². The number of hydrogen-bond donors (Lipinski definition) is 3. The minimum Gasteiger partial charge on any atom is -0.393 e. The van der Waals surface area contributed by atoms with Crippen LogP contribution in [0.2, 0.25) is 0 Å². The van der Waals surface area contributed by atoms with Crippen LogP contribution in [0.4, 0.5) is 4.39 Å². The van der Waals surface area contributed by atoms with Gasteiger partial charge in [-0.2, -0.15) is 0 Å². The molecule has 0 heterocycles. The molecule has 22 heavy (non-hydrogen) atoms. The molecule has 1 aliphatic carbocycles. The third-order valence-electron chi connectivity index (χ3n) is 4.11. The quantitative estimate of drug-likeness (QED) is 0.379. The molecule has 3 nitrogen and oxygen atoms in total. The summed E-state index contributed by atoms with van der Waals surface area (Å²) in [5, 5.41) is 15.7. The molecule has 0 aromatic heterocycles. The van der Waals surface area contributed by atoms with Crippen LogP contribution in [-0.2, 0) is 0 Å². The van der Waals surface area contributed by atoms with E-state index in [0.29, 0.717) is 6.42 Å². The van der Waals surface area contributed by atoms with E-state index in [-0.39, 0.29) is 12.1 Å². The highest BCUT2D eigenvalue weighted by molar-refractivity contribution is 5.11. The second-order valence-electron chi connectivity index (χ2n) is 6.50. The molecule has 1 rings (SSSR count). The van der Waals surface area contributed by atoms with Gasteiger partial charge < -0.3 is 15.7 Å². The van der Waals surface area contributed by atoms with Crippen LogP contribution < -0.4 is 10.6 Å². The molecular formula is C18H33FN2O. The van der Waals surface area contributed by atoms with Crippen molar-refractivity contribution < 1.29 is 9.50 Å². The number of hydrogen-bond acceptors (Lipinski definition) is 3. The summed E-state index contributed by atoms with van der Waals surface area (Å²) in [5.74, 6) is 1.14. The molecule has 0 spiro atoms. The van der Waals surface area contributed by atoms with Crippen LogP contribution in [-0.4, -0.2) is 30.0 Å². The van der Waals surface area contributed by atoms with Crippen molar-refractivity contribution in [3.63, 3.8) is 0 Å². The van der Waals surface area contributed by atoms with Gasteiger partial charge >= 0.3 is 0 Å². The molecule has 3 N–H and O–H groups in total. The lowest BCUT2D eigenvalue weighted by atomic mass is 10.00. The Morgan fingerprint density at radius 2 is 1.95 bits per heavy atom. The SMILES string of the molecule is CC/C=C(/NCCCCCCC(F)CO)NC1(C)CC=CC1. The molecule has 0 bridgehead atoms. The van der Waals surface area contributed by atoms with Gasteiger partial charge in [0.2, 0.25) is 0 Å². The number of rotatable bonds is 12. The highest BCUT2D eigenvalue weighted by Crippen LogP contribution is 2.23. The van der Waals surface area contributed by atoms with Crippen LogP contribution in [0.1, 0.15) is 65.2 Å². The number of halogens is 1. The van der Waals surface area contributed by atoms with Gasteiger partial charge in [-0.25, -0.2) is 4.39 Å². The molecule has 1 aliphatic rings. The van der Waals surface area contributed by atoms with Crippen LogP contribution in [0.15, 0.2) is 24.0 Å². The monoisotopic (exact) mass is 312 g/mol. The van der Waals surface area contributed by atoms with Crippen LogP contribution in [0.25, 0.3) is 0 Å². The van der Waals surface area contributed by atoms with E-state index in [1.807, 2.05) is 0 Å². The van der Waals surface area contributed by atoms with Gasteiger partial charge in [-0.05, 0) is 45.1 Å². The van der Waals surface area contributed by atoms with E-state index in [9.17, 15) is 4.39 Å². The first-order valence-electron chi connectivity index (χ1n) is 8.72. The lowest BCUT2D eigenvalue weighted by Crippen LogP contribution is -2.43. The molecule has 0 aromatic carbocycles. The first kappa shape index (κ1) is 19.0. The van der Waals surface area contributed by atoms with Crippen molar-refractivity contribution in [3.8, 4) is 0 Å². The minimum atomic E-state index is -1.04. The predicted octanol–water partition coefficient (Wildman–Crippen LogP) is 3.81. The topological polar surface area (TPSA) is 44.3 Å². The second kappa shape index (κ2) is 10.7. The minimum absolute atomic E-state index is 0.147. The molecule has 0 fully saturated rings. The summed E-state index contributed by atoms with van der Waals surface area (Å²) in [5.41, 5.74) is 0.147. The largest absolute Gasteiger partial charge is 0.393 e. The Labute approximate surface area is 135 Å². The number of aliphatic hydroxyl groups is 1. The third-order valence-corrected chi connectivity index (χ3v) is 4.11. The Kier molecular flexibility index (Phi) is 9.21. The van der Waals surface area contributed by atoms with E-state index in [1.54, 1.807) is 0 Å². The van der Waals surface area contributed by atoms with Crippen molar-refractivity contribution in [2.75, 3.05) is 13.2 Å². The molecule has 1 atom stereocenters. The molecule has 0 radical (unpaired) electrons. The number of aliphatic hydroxyl groups excluding tert-OH is 1. The average molecular weight is 312 g/mol. The Hall–Kier alpha value is -1.03. The van der Waals surface area contributed by atoms with Crippen molar-refractivity contribution in [3.05, 3.63) is 24.0 Å². The Balaban J connectivity index is 2.13. The summed E-state index contributed by atoms with van der Waals surface area (Å²) in [6.45, 7) is 5.01. The highest BCUT2D eigenvalue weighted by atomic mass is 19.1. The first-order valence-corrected chi connectivity index (χ1v) is 8.72. The maximum atomic E-state index is 12.8. The van der Waals surface area contributed by atoms with E-state index in [0.717, 1.165) is 57.3 Å². The van der Waals surface area contributed by atoms with E-state index in [1.165, 1.54) is 0 Å². The molecule has 0 amide bonds. The molecular weight excluding hydrogens is 279 g/mol. The number of allylic oxidation sites excluding steroid dienone is 1. The third kappa shape index (κ3) is 7.83. The zero-order valence-corrected chi connectivity index (χ0v) is 14.2. The maximum Gasteiger partial charge on any atom is 0.123 e. The van der Waals surface area contributed by atoms with Gasteiger partial charge in [-0.1, -0.05) is 38.3 Å². The van der Waals surface area contributed by atoms with E-state index in [2.05, 4.69) is 42.7 Å². The average Bonchev–Trinajstić information content (AvgIpc) is 2.92. The van der Waals surface area contributed by atoms with Gasteiger partial charge in [0.05, 0.1) is 12.4 Å². The lowest BCUT2D eigenvalue weighted by molar-refractivity contribution is 0.167.